The Labute approximate surface area is 270 Å². The Bertz CT molecular complexity index is 1310. The molecule has 0 saturated carbocycles. The number of benzene rings is 1. The van der Waals surface area contributed by atoms with Crippen molar-refractivity contribution in [1.82, 2.24) is 14.7 Å². The Morgan fingerprint density at radius 3 is 0.935 bits per heavy atom. The van der Waals surface area contributed by atoms with E-state index >= 15 is 0 Å². The normalized spacial score (nSPS) is 37.7. The fourth-order valence-electron chi connectivity index (χ4n) is 6.11. The molecular formula is C34H47N3O9. The number of amides is 3. The van der Waals surface area contributed by atoms with Gasteiger partial charge < -0.3 is 43.1 Å². The number of hydrogen-bond donors (Lipinski definition) is 0. The van der Waals surface area contributed by atoms with Gasteiger partial charge in [0.1, 0.15) is 33.6 Å². The predicted molar refractivity (Wildman–Crippen MR) is 165 cm³/mol. The average molecular weight is 642 g/mol. The molecule has 6 heterocycles. The molecule has 12 heteroatoms. The van der Waals surface area contributed by atoms with Crippen LogP contribution in [0.4, 0.5) is 0 Å². The Hall–Kier alpha value is -2.61. The molecule has 46 heavy (non-hydrogen) atoms. The molecule has 252 valence electrons. The molecule has 6 aliphatic rings. The average Bonchev–Trinajstić information content (AvgIpc) is 3.76. The molecule has 6 saturated heterocycles. The molecule has 6 atom stereocenters. The lowest BCUT2D eigenvalue weighted by molar-refractivity contribution is 0.0652. The van der Waals surface area contributed by atoms with Crippen LogP contribution < -0.4 is 0 Å². The van der Waals surface area contributed by atoms with Crippen molar-refractivity contribution >= 4 is 17.7 Å². The van der Waals surface area contributed by atoms with Crippen molar-refractivity contribution in [3.8, 4) is 0 Å². The first-order valence-electron chi connectivity index (χ1n) is 16.3. The van der Waals surface area contributed by atoms with Gasteiger partial charge in [0.15, 0.2) is 0 Å². The van der Waals surface area contributed by atoms with Crippen molar-refractivity contribution in [2.24, 2.45) is 0 Å². The molecule has 0 aromatic heterocycles. The first-order valence-corrected chi connectivity index (χ1v) is 16.3. The van der Waals surface area contributed by atoms with Crippen LogP contribution in [0.1, 0.15) is 78.2 Å². The molecule has 6 fully saturated rings. The molecule has 6 unspecified atom stereocenters. The number of nitrogens with zero attached hydrogens (tertiary/aromatic N) is 3. The second-order valence-electron chi connectivity index (χ2n) is 16.1. The third-order valence-electron chi connectivity index (χ3n) is 9.95. The van der Waals surface area contributed by atoms with Gasteiger partial charge in [0, 0.05) is 16.7 Å². The Kier molecular flexibility index (Phi) is 7.26. The van der Waals surface area contributed by atoms with Crippen LogP contribution in [-0.4, -0.2) is 145 Å². The summed E-state index contributed by atoms with van der Waals surface area (Å²) >= 11 is 0. The van der Waals surface area contributed by atoms with Gasteiger partial charge in [-0.25, -0.2) is 0 Å². The number of hydrogen-bond acceptors (Lipinski definition) is 9. The van der Waals surface area contributed by atoms with Gasteiger partial charge in [-0.15, -0.1) is 0 Å². The Morgan fingerprint density at radius 2 is 0.717 bits per heavy atom. The van der Waals surface area contributed by atoms with E-state index in [1.807, 2.05) is 41.5 Å². The predicted octanol–water partition coefficient (Wildman–Crippen LogP) is 2.06. The molecule has 0 N–H and O–H groups in total. The third-order valence-corrected chi connectivity index (χ3v) is 9.95. The third kappa shape index (κ3) is 7.12. The second-order valence-corrected chi connectivity index (χ2v) is 16.1. The zero-order valence-electron chi connectivity index (χ0n) is 28.2. The monoisotopic (exact) mass is 641 g/mol. The van der Waals surface area contributed by atoms with Crippen LogP contribution in [0.2, 0.25) is 0 Å². The molecule has 3 amide bonds. The SMILES string of the molecule is Cc1c(C(=O)N(CC2(C)CO2)CC2(C)CO2)cc(C(=O)N(CC2(C)CO2)CC2(C)CO2)cc1C(=O)N(CC1(C)CO1)CC1(C)CO1. The van der Waals surface area contributed by atoms with Crippen molar-refractivity contribution in [3.05, 3.63) is 34.4 Å². The van der Waals surface area contributed by atoms with Gasteiger partial charge in [-0.05, 0) is 66.2 Å². The van der Waals surface area contributed by atoms with E-state index in [0.717, 1.165) is 0 Å². The van der Waals surface area contributed by atoms with Crippen LogP contribution in [0, 0.1) is 6.92 Å². The van der Waals surface area contributed by atoms with E-state index in [2.05, 4.69) is 0 Å². The summed E-state index contributed by atoms with van der Waals surface area (Å²) in [5.74, 6) is -0.810. The smallest absolute Gasteiger partial charge is 0.254 e. The molecule has 1 aromatic carbocycles. The Morgan fingerprint density at radius 1 is 0.500 bits per heavy atom. The molecular weight excluding hydrogens is 594 g/mol. The van der Waals surface area contributed by atoms with Gasteiger partial charge >= 0.3 is 0 Å². The molecule has 6 aliphatic heterocycles. The highest BCUT2D eigenvalue weighted by Gasteiger charge is 2.50. The summed E-state index contributed by atoms with van der Waals surface area (Å²) in [6, 6.07) is 3.30. The van der Waals surface area contributed by atoms with Crippen molar-refractivity contribution in [2.45, 2.75) is 82.1 Å². The number of carbonyl (C=O) groups excluding carboxylic acids is 3. The zero-order chi connectivity index (χ0) is 32.9. The number of carbonyl (C=O) groups is 3. The van der Waals surface area contributed by atoms with Crippen LogP contribution in [0.25, 0.3) is 0 Å². The minimum Gasteiger partial charge on any atom is -0.368 e. The van der Waals surface area contributed by atoms with E-state index in [4.69, 9.17) is 28.4 Å². The lowest BCUT2D eigenvalue weighted by Gasteiger charge is -2.30. The molecule has 0 radical (unpaired) electrons. The topological polar surface area (TPSA) is 136 Å². The molecule has 0 bridgehead atoms. The van der Waals surface area contributed by atoms with Gasteiger partial charge in [0.05, 0.1) is 78.9 Å². The van der Waals surface area contributed by atoms with Gasteiger partial charge in [-0.2, -0.15) is 0 Å². The minimum absolute atomic E-state index is 0.266. The summed E-state index contributed by atoms with van der Waals surface area (Å²) < 4.78 is 34.0. The molecule has 12 nitrogen and oxygen atoms in total. The van der Waals surface area contributed by atoms with Crippen molar-refractivity contribution in [2.75, 3.05) is 78.9 Å². The van der Waals surface area contributed by atoms with Crippen LogP contribution in [0.3, 0.4) is 0 Å². The molecule has 1 aromatic rings. The fourth-order valence-corrected chi connectivity index (χ4v) is 6.11. The van der Waals surface area contributed by atoms with E-state index < -0.39 is 33.6 Å². The standard InChI is InChI=1S/C34H47N3O9/c1-22-24(27(39)36(12-31(4)18-43-31)13-32(5)19-44-32)8-23(26(38)35(10-29(2)16-41-29)11-30(3)17-42-30)9-25(22)28(40)37(14-33(6)20-45-33)15-34(7)21-46-34/h8-9H,10-21H2,1-7H3. The van der Waals surface area contributed by atoms with E-state index in [-0.39, 0.29) is 23.3 Å². The second kappa shape index (κ2) is 10.4. The summed E-state index contributed by atoms with van der Waals surface area (Å²) in [4.78, 5) is 48.6. The summed E-state index contributed by atoms with van der Waals surface area (Å²) in [7, 11) is 0. The van der Waals surface area contributed by atoms with Crippen molar-refractivity contribution < 1.29 is 42.8 Å². The first-order chi connectivity index (χ1) is 21.4. The maximum absolute atomic E-state index is 14.5. The van der Waals surface area contributed by atoms with Gasteiger partial charge in [-0.1, -0.05) is 0 Å². The highest BCUT2D eigenvalue weighted by Crippen LogP contribution is 2.36. The number of epoxide rings is 6. The van der Waals surface area contributed by atoms with E-state index in [0.29, 0.717) is 95.6 Å². The van der Waals surface area contributed by atoms with E-state index in [1.165, 1.54) is 0 Å². The number of ether oxygens (including phenoxy) is 6. The highest BCUT2D eigenvalue weighted by atomic mass is 16.6. The van der Waals surface area contributed by atoms with Crippen molar-refractivity contribution in [1.29, 1.82) is 0 Å². The highest BCUT2D eigenvalue weighted by molar-refractivity contribution is 6.06. The fraction of sp³-hybridized carbons (Fsp3) is 0.735. The summed E-state index contributed by atoms with van der Waals surface area (Å²) in [6.45, 7) is 19.2. The minimum atomic E-state index is -0.437. The van der Waals surface area contributed by atoms with Crippen LogP contribution in [0.15, 0.2) is 12.1 Å². The van der Waals surface area contributed by atoms with Gasteiger partial charge in [0.2, 0.25) is 0 Å². The maximum atomic E-state index is 14.5. The number of rotatable bonds is 15. The lowest BCUT2D eigenvalue weighted by Crippen LogP contribution is -2.45. The largest absolute Gasteiger partial charge is 0.368 e. The maximum Gasteiger partial charge on any atom is 0.254 e. The summed E-state index contributed by atoms with van der Waals surface area (Å²) in [5.41, 5.74) is -1.19. The summed E-state index contributed by atoms with van der Waals surface area (Å²) in [6.07, 6.45) is 0. The van der Waals surface area contributed by atoms with Crippen LogP contribution in [-0.2, 0) is 28.4 Å². The van der Waals surface area contributed by atoms with E-state index in [9.17, 15) is 14.4 Å². The van der Waals surface area contributed by atoms with Gasteiger partial charge in [-0.3, -0.25) is 14.4 Å². The quantitative estimate of drug-likeness (QED) is 0.264. The zero-order valence-corrected chi connectivity index (χ0v) is 28.2. The molecule has 0 aliphatic carbocycles. The van der Waals surface area contributed by atoms with E-state index in [1.54, 1.807) is 33.8 Å². The van der Waals surface area contributed by atoms with Crippen LogP contribution in [0.5, 0.6) is 0 Å². The van der Waals surface area contributed by atoms with Crippen molar-refractivity contribution in [3.63, 3.8) is 0 Å². The summed E-state index contributed by atoms with van der Waals surface area (Å²) in [5, 5.41) is 0. The first kappa shape index (κ1) is 32.0. The lowest BCUT2D eigenvalue weighted by atomic mass is 9.94. The molecule has 7 rings (SSSR count). The van der Waals surface area contributed by atoms with Crippen LogP contribution >= 0.6 is 0 Å². The molecule has 0 spiro atoms. The van der Waals surface area contributed by atoms with Gasteiger partial charge in [0.25, 0.3) is 17.7 Å². The Balaban J connectivity index is 1.27.